The summed E-state index contributed by atoms with van der Waals surface area (Å²) >= 11 is 3.33. The molecule has 0 spiro atoms. The number of anilines is 1. The van der Waals surface area contributed by atoms with Gasteiger partial charge in [0.05, 0.1) is 18.6 Å². The molecular formula is C12H17BrN2O3S. The van der Waals surface area contributed by atoms with Gasteiger partial charge in [-0.15, -0.1) is 0 Å². The molecule has 2 rings (SSSR count). The van der Waals surface area contributed by atoms with Gasteiger partial charge in [-0.05, 0) is 47.4 Å². The number of rotatable bonds is 5. The Morgan fingerprint density at radius 1 is 1.53 bits per heavy atom. The van der Waals surface area contributed by atoms with E-state index in [4.69, 9.17) is 4.74 Å². The summed E-state index contributed by atoms with van der Waals surface area (Å²) in [4.78, 5) is 0. The molecule has 1 unspecified atom stereocenters. The van der Waals surface area contributed by atoms with E-state index in [1.807, 2.05) is 0 Å². The molecule has 1 aromatic rings. The van der Waals surface area contributed by atoms with E-state index in [9.17, 15) is 8.42 Å². The predicted octanol–water partition coefficient (Wildman–Crippen LogP) is 1.95. The van der Waals surface area contributed by atoms with Crippen LogP contribution >= 0.6 is 15.9 Å². The summed E-state index contributed by atoms with van der Waals surface area (Å²) in [7, 11) is -1.82. The molecule has 0 aromatic heterocycles. The van der Waals surface area contributed by atoms with Crippen molar-refractivity contribution in [2.45, 2.75) is 18.9 Å². The molecule has 0 aliphatic carbocycles. The Morgan fingerprint density at radius 3 is 2.95 bits per heavy atom. The highest BCUT2D eigenvalue weighted by Crippen LogP contribution is 2.28. The molecule has 0 radical (unpaired) electrons. The quantitative estimate of drug-likeness (QED) is 0.853. The van der Waals surface area contributed by atoms with Crippen LogP contribution in [-0.2, 0) is 10.0 Å². The first kappa shape index (κ1) is 14.6. The van der Waals surface area contributed by atoms with Crippen molar-refractivity contribution in [3.63, 3.8) is 0 Å². The van der Waals surface area contributed by atoms with E-state index in [0.717, 1.165) is 19.4 Å². The first-order valence-electron chi connectivity index (χ1n) is 6.07. The van der Waals surface area contributed by atoms with Crippen LogP contribution in [0.3, 0.4) is 0 Å². The molecule has 2 N–H and O–H groups in total. The minimum atomic E-state index is -3.36. The van der Waals surface area contributed by atoms with Crippen molar-refractivity contribution in [1.82, 2.24) is 5.32 Å². The molecule has 5 nitrogen and oxygen atoms in total. The maximum absolute atomic E-state index is 12.1. The lowest BCUT2D eigenvalue weighted by Gasteiger charge is -2.14. The zero-order valence-corrected chi connectivity index (χ0v) is 13.1. The van der Waals surface area contributed by atoms with Crippen molar-refractivity contribution in [1.29, 1.82) is 0 Å². The first-order valence-corrected chi connectivity index (χ1v) is 8.52. The van der Waals surface area contributed by atoms with Gasteiger partial charge in [0.15, 0.2) is 0 Å². The molecule has 0 bridgehead atoms. The molecule has 1 saturated heterocycles. The number of benzene rings is 1. The Morgan fingerprint density at radius 2 is 2.32 bits per heavy atom. The topological polar surface area (TPSA) is 67.4 Å². The van der Waals surface area contributed by atoms with Crippen LogP contribution in [0, 0.1) is 0 Å². The van der Waals surface area contributed by atoms with Crippen molar-refractivity contribution in [3.05, 3.63) is 22.7 Å². The number of halogens is 1. The van der Waals surface area contributed by atoms with E-state index in [1.165, 1.54) is 0 Å². The van der Waals surface area contributed by atoms with Crippen LogP contribution in [0.5, 0.6) is 5.75 Å². The molecule has 0 saturated carbocycles. The average molecular weight is 349 g/mol. The SMILES string of the molecule is COc1ccc(Br)c(NS(=O)(=O)CC2CCCN2)c1. The number of ether oxygens (including phenoxy) is 1. The van der Waals surface area contributed by atoms with Gasteiger partial charge < -0.3 is 10.1 Å². The second kappa shape index (κ2) is 6.11. The summed E-state index contributed by atoms with van der Waals surface area (Å²) in [6.45, 7) is 0.892. The molecule has 1 aliphatic heterocycles. The van der Waals surface area contributed by atoms with Gasteiger partial charge in [0, 0.05) is 16.6 Å². The molecule has 106 valence electrons. The molecule has 1 aliphatic rings. The fourth-order valence-corrected chi connectivity index (χ4v) is 3.96. The second-order valence-electron chi connectivity index (χ2n) is 4.52. The normalized spacial score (nSPS) is 19.4. The van der Waals surface area contributed by atoms with E-state index in [-0.39, 0.29) is 11.8 Å². The van der Waals surface area contributed by atoms with Crippen molar-refractivity contribution in [2.75, 3.05) is 24.1 Å². The number of sulfonamides is 1. The van der Waals surface area contributed by atoms with Crippen LogP contribution in [0.15, 0.2) is 22.7 Å². The summed E-state index contributed by atoms with van der Waals surface area (Å²) in [5.74, 6) is 0.705. The number of hydrogen-bond donors (Lipinski definition) is 2. The van der Waals surface area contributed by atoms with Crippen molar-refractivity contribution in [2.24, 2.45) is 0 Å². The molecular weight excluding hydrogens is 332 g/mol. The summed E-state index contributed by atoms with van der Waals surface area (Å²) in [5, 5.41) is 3.18. The standard InChI is InChI=1S/C12H17BrN2O3S/c1-18-10-4-5-11(13)12(7-10)15-19(16,17)8-9-3-2-6-14-9/h4-5,7,9,14-15H,2-3,6,8H2,1H3. The summed E-state index contributed by atoms with van der Waals surface area (Å²) in [5.41, 5.74) is 0.498. The third-order valence-electron chi connectivity index (χ3n) is 3.02. The second-order valence-corrected chi connectivity index (χ2v) is 7.14. The van der Waals surface area contributed by atoms with Gasteiger partial charge in [-0.3, -0.25) is 4.72 Å². The van der Waals surface area contributed by atoms with Crippen molar-refractivity contribution >= 4 is 31.6 Å². The monoisotopic (exact) mass is 348 g/mol. The molecule has 1 fully saturated rings. The van der Waals surface area contributed by atoms with Crippen LogP contribution in [0.25, 0.3) is 0 Å². The molecule has 0 amide bonds. The minimum absolute atomic E-state index is 0.0434. The Labute approximate surface area is 121 Å². The maximum atomic E-state index is 12.1. The van der Waals surface area contributed by atoms with E-state index >= 15 is 0 Å². The number of methoxy groups -OCH3 is 1. The van der Waals surface area contributed by atoms with E-state index in [1.54, 1.807) is 25.3 Å². The van der Waals surface area contributed by atoms with E-state index in [2.05, 4.69) is 26.0 Å². The van der Waals surface area contributed by atoms with Crippen LogP contribution in [-0.4, -0.2) is 33.9 Å². The van der Waals surface area contributed by atoms with Crippen molar-refractivity contribution < 1.29 is 13.2 Å². The minimum Gasteiger partial charge on any atom is -0.497 e. The van der Waals surface area contributed by atoms with Gasteiger partial charge in [-0.1, -0.05) is 0 Å². The molecule has 7 heteroatoms. The van der Waals surface area contributed by atoms with Gasteiger partial charge in [0.25, 0.3) is 0 Å². The van der Waals surface area contributed by atoms with Crippen molar-refractivity contribution in [3.8, 4) is 5.75 Å². The number of nitrogens with one attached hydrogen (secondary N) is 2. The van der Waals surface area contributed by atoms with Gasteiger partial charge >= 0.3 is 0 Å². The maximum Gasteiger partial charge on any atom is 0.234 e. The molecule has 1 atom stereocenters. The first-order chi connectivity index (χ1) is 9.00. The highest BCUT2D eigenvalue weighted by molar-refractivity contribution is 9.10. The van der Waals surface area contributed by atoms with E-state index in [0.29, 0.717) is 15.9 Å². The predicted molar refractivity (Wildman–Crippen MR) is 79.1 cm³/mol. The summed E-state index contributed by atoms with van der Waals surface area (Å²) in [6.07, 6.45) is 1.93. The van der Waals surface area contributed by atoms with Gasteiger partial charge in [0.2, 0.25) is 10.0 Å². The highest BCUT2D eigenvalue weighted by Gasteiger charge is 2.22. The Balaban J connectivity index is 2.10. The zero-order valence-electron chi connectivity index (χ0n) is 10.6. The number of hydrogen-bond acceptors (Lipinski definition) is 4. The lowest BCUT2D eigenvalue weighted by Crippen LogP contribution is -2.32. The molecule has 1 heterocycles. The average Bonchev–Trinajstić information content (AvgIpc) is 2.83. The van der Waals surface area contributed by atoms with Gasteiger partial charge in [-0.25, -0.2) is 8.42 Å². The smallest absolute Gasteiger partial charge is 0.234 e. The van der Waals surface area contributed by atoms with Gasteiger partial charge in [-0.2, -0.15) is 0 Å². The Bertz CT molecular complexity index is 542. The molecule has 1 aromatic carbocycles. The van der Waals surface area contributed by atoms with Crippen LogP contribution in [0.2, 0.25) is 0 Å². The van der Waals surface area contributed by atoms with E-state index < -0.39 is 10.0 Å². The Hall–Kier alpha value is -0.790. The fraction of sp³-hybridized carbons (Fsp3) is 0.500. The third kappa shape index (κ3) is 4.09. The zero-order chi connectivity index (χ0) is 13.9. The summed E-state index contributed by atoms with van der Waals surface area (Å²) < 4.78 is 32.6. The fourth-order valence-electron chi connectivity index (χ4n) is 2.08. The van der Waals surface area contributed by atoms with Crippen LogP contribution in [0.1, 0.15) is 12.8 Å². The lowest BCUT2D eigenvalue weighted by atomic mass is 10.3. The third-order valence-corrected chi connectivity index (χ3v) is 5.09. The highest BCUT2D eigenvalue weighted by atomic mass is 79.9. The Kier molecular flexibility index (Phi) is 4.70. The molecule has 19 heavy (non-hydrogen) atoms. The van der Waals surface area contributed by atoms with Crippen LogP contribution < -0.4 is 14.8 Å². The van der Waals surface area contributed by atoms with Crippen LogP contribution in [0.4, 0.5) is 5.69 Å². The largest absolute Gasteiger partial charge is 0.497 e. The summed E-state index contributed by atoms with van der Waals surface area (Å²) in [6, 6.07) is 5.22. The van der Waals surface area contributed by atoms with Gasteiger partial charge in [0.1, 0.15) is 5.75 Å². The lowest BCUT2D eigenvalue weighted by molar-refractivity contribution is 0.415.